The molecule has 2 fully saturated rings. The Balaban J connectivity index is 2.01. The van der Waals surface area contributed by atoms with Crippen LogP contribution in [-0.2, 0) is 18.9 Å². The normalized spacial score (nSPS) is 43.4. The third kappa shape index (κ3) is 2.33. The van der Waals surface area contributed by atoms with Crippen LogP contribution in [0, 0.1) is 0 Å². The molecule has 0 N–H and O–H groups in total. The molecule has 2 saturated heterocycles. The van der Waals surface area contributed by atoms with E-state index in [9.17, 15) is 0 Å². The molecule has 0 spiro atoms. The molecule has 0 amide bonds. The van der Waals surface area contributed by atoms with Crippen LogP contribution < -0.4 is 0 Å². The minimum Gasteiger partial charge on any atom is -0.348 e. The molecule has 3 atom stereocenters. The van der Waals surface area contributed by atoms with Gasteiger partial charge in [0.15, 0.2) is 11.6 Å². The van der Waals surface area contributed by atoms with Crippen LogP contribution in [0.25, 0.3) is 0 Å². The molecule has 0 unspecified atom stereocenters. The predicted molar refractivity (Wildman–Crippen MR) is 54.4 cm³/mol. The van der Waals surface area contributed by atoms with Gasteiger partial charge in [-0.15, -0.1) is 0 Å². The monoisotopic (exact) mass is 216 g/mol. The van der Waals surface area contributed by atoms with Crippen LogP contribution >= 0.6 is 0 Å². The Morgan fingerprint density at radius 1 is 0.933 bits per heavy atom. The van der Waals surface area contributed by atoms with E-state index in [4.69, 9.17) is 18.9 Å². The summed E-state index contributed by atoms with van der Waals surface area (Å²) < 4.78 is 22.8. The fraction of sp³-hybridized carbons (Fsp3) is 1.00. The second-order valence-corrected chi connectivity index (χ2v) is 5.17. The lowest BCUT2D eigenvalue weighted by Gasteiger charge is -2.22. The van der Waals surface area contributed by atoms with Crippen molar-refractivity contribution in [2.24, 2.45) is 0 Å². The van der Waals surface area contributed by atoms with Crippen molar-refractivity contribution in [3.05, 3.63) is 0 Å². The number of rotatable bonds is 1. The van der Waals surface area contributed by atoms with Crippen molar-refractivity contribution in [3.8, 4) is 0 Å². The molecule has 0 radical (unpaired) electrons. The van der Waals surface area contributed by atoms with Crippen LogP contribution in [0.15, 0.2) is 0 Å². The molecular weight excluding hydrogens is 196 g/mol. The van der Waals surface area contributed by atoms with E-state index in [1.807, 2.05) is 34.6 Å². The SMILES string of the molecule is C[C@H]1OC(C)(C)O[C@@H]1[C@@H]1COC(C)(C)O1. The molecule has 2 rings (SSSR count). The van der Waals surface area contributed by atoms with Crippen molar-refractivity contribution in [1.29, 1.82) is 0 Å². The van der Waals surface area contributed by atoms with E-state index >= 15 is 0 Å². The molecule has 0 saturated carbocycles. The molecule has 0 aromatic carbocycles. The number of hydrogen-bond acceptors (Lipinski definition) is 4. The first kappa shape index (κ1) is 11.3. The maximum absolute atomic E-state index is 5.81. The fourth-order valence-electron chi connectivity index (χ4n) is 2.22. The molecule has 4 nitrogen and oxygen atoms in total. The van der Waals surface area contributed by atoms with E-state index in [0.717, 1.165) is 0 Å². The first-order valence-corrected chi connectivity index (χ1v) is 5.46. The topological polar surface area (TPSA) is 36.9 Å². The van der Waals surface area contributed by atoms with E-state index in [1.165, 1.54) is 0 Å². The van der Waals surface area contributed by atoms with Gasteiger partial charge in [0, 0.05) is 0 Å². The summed E-state index contributed by atoms with van der Waals surface area (Å²) in [6.45, 7) is 10.3. The molecular formula is C11H20O4. The van der Waals surface area contributed by atoms with Crippen molar-refractivity contribution in [1.82, 2.24) is 0 Å². The minimum absolute atomic E-state index is 0.0308. The smallest absolute Gasteiger partial charge is 0.163 e. The van der Waals surface area contributed by atoms with Crippen LogP contribution in [0.2, 0.25) is 0 Å². The largest absolute Gasteiger partial charge is 0.348 e. The average Bonchev–Trinajstić information content (AvgIpc) is 2.51. The molecule has 0 aromatic rings. The molecule has 4 heteroatoms. The van der Waals surface area contributed by atoms with Crippen molar-refractivity contribution in [2.75, 3.05) is 6.61 Å². The number of ether oxygens (including phenoxy) is 4. The van der Waals surface area contributed by atoms with Crippen LogP contribution in [0.4, 0.5) is 0 Å². The van der Waals surface area contributed by atoms with Gasteiger partial charge in [0.25, 0.3) is 0 Å². The summed E-state index contributed by atoms with van der Waals surface area (Å²) >= 11 is 0. The van der Waals surface area contributed by atoms with Gasteiger partial charge in [-0.2, -0.15) is 0 Å². The van der Waals surface area contributed by atoms with Gasteiger partial charge in [-0.3, -0.25) is 0 Å². The standard InChI is InChI=1S/C11H20O4/c1-7-9(15-11(4,5)13-7)8-6-12-10(2,3)14-8/h7-9H,6H2,1-5H3/t7-,8+,9+/m1/s1. The molecule has 88 valence electrons. The Hall–Kier alpha value is -0.160. The lowest BCUT2D eigenvalue weighted by Crippen LogP contribution is -2.37. The van der Waals surface area contributed by atoms with Gasteiger partial charge in [-0.25, -0.2) is 0 Å². The van der Waals surface area contributed by atoms with Crippen LogP contribution in [0.5, 0.6) is 0 Å². The second kappa shape index (κ2) is 3.42. The summed E-state index contributed by atoms with van der Waals surface area (Å²) in [7, 11) is 0. The van der Waals surface area contributed by atoms with Crippen molar-refractivity contribution < 1.29 is 18.9 Å². The Morgan fingerprint density at radius 2 is 1.60 bits per heavy atom. The minimum atomic E-state index is -0.514. The molecule has 2 aliphatic heterocycles. The fourth-order valence-corrected chi connectivity index (χ4v) is 2.22. The zero-order valence-electron chi connectivity index (χ0n) is 10.1. The maximum atomic E-state index is 5.81. The first-order chi connectivity index (χ1) is 6.79. The van der Waals surface area contributed by atoms with Crippen molar-refractivity contribution in [2.45, 2.75) is 64.5 Å². The predicted octanol–water partition coefficient (Wildman–Crippen LogP) is 1.68. The highest BCUT2D eigenvalue weighted by Crippen LogP contribution is 2.35. The third-order valence-electron chi connectivity index (χ3n) is 2.75. The zero-order chi connectivity index (χ0) is 11.3. The van der Waals surface area contributed by atoms with Gasteiger partial charge in [0.05, 0.1) is 12.7 Å². The highest BCUT2D eigenvalue weighted by atomic mass is 16.8. The van der Waals surface area contributed by atoms with Crippen LogP contribution in [0.1, 0.15) is 34.6 Å². The quantitative estimate of drug-likeness (QED) is 0.668. The van der Waals surface area contributed by atoms with Crippen molar-refractivity contribution in [3.63, 3.8) is 0 Å². The summed E-state index contributed by atoms with van der Waals surface area (Å²) in [5.74, 6) is -1.01. The van der Waals surface area contributed by atoms with Gasteiger partial charge < -0.3 is 18.9 Å². The molecule has 2 heterocycles. The average molecular weight is 216 g/mol. The van der Waals surface area contributed by atoms with Gasteiger partial charge in [0.1, 0.15) is 12.2 Å². The molecule has 0 aliphatic carbocycles. The van der Waals surface area contributed by atoms with Crippen LogP contribution in [0.3, 0.4) is 0 Å². The summed E-state index contributed by atoms with van der Waals surface area (Å²) in [6.07, 6.45) is -0.0268. The Bertz CT molecular complexity index is 249. The summed E-state index contributed by atoms with van der Waals surface area (Å²) in [6, 6.07) is 0. The Morgan fingerprint density at radius 3 is 2.00 bits per heavy atom. The second-order valence-electron chi connectivity index (χ2n) is 5.17. The lowest BCUT2D eigenvalue weighted by atomic mass is 10.1. The van der Waals surface area contributed by atoms with E-state index in [-0.39, 0.29) is 18.3 Å². The van der Waals surface area contributed by atoms with E-state index in [2.05, 4.69) is 0 Å². The molecule has 0 bridgehead atoms. The first-order valence-electron chi connectivity index (χ1n) is 5.46. The van der Waals surface area contributed by atoms with Gasteiger partial charge in [-0.1, -0.05) is 0 Å². The van der Waals surface area contributed by atoms with Gasteiger partial charge in [-0.05, 0) is 34.6 Å². The maximum Gasteiger partial charge on any atom is 0.163 e. The summed E-state index contributed by atoms with van der Waals surface area (Å²) in [5, 5.41) is 0. The summed E-state index contributed by atoms with van der Waals surface area (Å²) in [4.78, 5) is 0. The van der Waals surface area contributed by atoms with Gasteiger partial charge in [0.2, 0.25) is 0 Å². The third-order valence-corrected chi connectivity index (χ3v) is 2.75. The van der Waals surface area contributed by atoms with E-state index in [1.54, 1.807) is 0 Å². The highest BCUT2D eigenvalue weighted by molar-refractivity contribution is 4.88. The molecule has 2 aliphatic rings. The Labute approximate surface area is 90.8 Å². The van der Waals surface area contributed by atoms with E-state index < -0.39 is 11.6 Å². The van der Waals surface area contributed by atoms with Crippen LogP contribution in [-0.4, -0.2) is 36.5 Å². The lowest BCUT2D eigenvalue weighted by molar-refractivity contribution is -0.174. The number of hydrogen-bond donors (Lipinski definition) is 0. The Kier molecular flexibility index (Phi) is 2.58. The highest BCUT2D eigenvalue weighted by Gasteiger charge is 2.47. The van der Waals surface area contributed by atoms with E-state index in [0.29, 0.717) is 6.61 Å². The molecule has 15 heavy (non-hydrogen) atoms. The van der Waals surface area contributed by atoms with Crippen molar-refractivity contribution >= 4 is 0 Å². The zero-order valence-corrected chi connectivity index (χ0v) is 10.1. The summed E-state index contributed by atoms with van der Waals surface area (Å²) in [5.41, 5.74) is 0. The molecule has 0 aromatic heterocycles. The van der Waals surface area contributed by atoms with Gasteiger partial charge >= 0.3 is 0 Å².